The van der Waals surface area contributed by atoms with Crippen LogP contribution in [0.5, 0.6) is 0 Å². The Labute approximate surface area is 131 Å². The second kappa shape index (κ2) is 6.09. The first kappa shape index (κ1) is 16.5. The molecule has 1 heterocycles. The zero-order valence-electron chi connectivity index (χ0n) is 11.7. The zero-order valence-corrected chi connectivity index (χ0v) is 15.1. The molecule has 1 saturated heterocycles. The number of hydrogen-bond acceptors (Lipinski definition) is 3. The molecule has 1 aliphatic heterocycles. The Kier molecular flexibility index (Phi) is 5.02. The van der Waals surface area contributed by atoms with Crippen LogP contribution in [0.2, 0.25) is 0 Å². The van der Waals surface area contributed by atoms with E-state index in [4.69, 9.17) is 24.1 Å². The van der Waals surface area contributed by atoms with Crippen molar-refractivity contribution in [1.82, 2.24) is 4.67 Å². The van der Waals surface area contributed by atoms with Gasteiger partial charge in [0.25, 0.3) is 0 Å². The first-order valence-electron chi connectivity index (χ1n) is 6.61. The van der Waals surface area contributed by atoms with E-state index in [0.29, 0.717) is 19.0 Å². The molecule has 1 fully saturated rings. The maximum Gasteiger partial charge on any atom is 0.152 e. The molecule has 0 amide bonds. The van der Waals surface area contributed by atoms with E-state index in [2.05, 4.69) is 30.7 Å². The van der Waals surface area contributed by atoms with Gasteiger partial charge in [0.1, 0.15) is 0 Å². The molecule has 0 radical (unpaired) electrons. The molecule has 3 nitrogen and oxygen atoms in total. The van der Waals surface area contributed by atoms with Gasteiger partial charge in [-0.3, -0.25) is 4.67 Å². The van der Waals surface area contributed by atoms with Gasteiger partial charge >= 0.3 is 0 Å². The minimum absolute atomic E-state index is 0.191. The summed E-state index contributed by atoms with van der Waals surface area (Å²) >= 11 is 10.4. The molecule has 7 heteroatoms. The lowest BCUT2D eigenvalue weighted by atomic mass is 10.0. The molecule has 0 bridgehead atoms. The van der Waals surface area contributed by atoms with Crippen molar-refractivity contribution >= 4 is 44.6 Å². The fourth-order valence-corrected chi connectivity index (χ4v) is 7.06. The van der Waals surface area contributed by atoms with Gasteiger partial charge in [0.2, 0.25) is 0 Å². The number of hydrogen-bond donors (Lipinski definition) is 1. The van der Waals surface area contributed by atoms with Crippen LogP contribution in [-0.2, 0) is 21.6 Å². The normalized spacial score (nSPS) is 22.6. The van der Waals surface area contributed by atoms with E-state index in [9.17, 15) is 8.42 Å². The minimum atomic E-state index is -2.88. The summed E-state index contributed by atoms with van der Waals surface area (Å²) in [6.45, 7) is 5.30. The summed E-state index contributed by atoms with van der Waals surface area (Å²) in [6, 6.07) is 8.29. The molecule has 1 atom stereocenters. The van der Waals surface area contributed by atoms with E-state index in [1.54, 1.807) is 0 Å². The third-order valence-corrected chi connectivity index (χ3v) is 10.1. The molecule has 2 rings (SSSR count). The number of sulfone groups is 1. The fourth-order valence-electron chi connectivity index (χ4n) is 2.19. The van der Waals surface area contributed by atoms with Crippen LogP contribution in [0.4, 0.5) is 0 Å². The summed E-state index contributed by atoms with van der Waals surface area (Å²) in [5, 5.41) is -1.09. The fraction of sp³-hybridized carbons (Fsp3) is 0.538. The minimum Gasteiger partial charge on any atom is -0.262 e. The van der Waals surface area contributed by atoms with Crippen molar-refractivity contribution < 1.29 is 8.42 Å². The van der Waals surface area contributed by atoms with Gasteiger partial charge in [0.05, 0.1) is 16.9 Å². The number of benzene rings is 1. The van der Waals surface area contributed by atoms with Gasteiger partial charge in [-0.05, 0) is 11.5 Å². The van der Waals surface area contributed by atoms with Crippen LogP contribution < -0.4 is 5.30 Å². The Morgan fingerprint density at radius 1 is 1.20 bits per heavy atom. The molecule has 0 aliphatic carbocycles. The van der Waals surface area contributed by atoms with Crippen molar-refractivity contribution in [2.24, 2.45) is 0 Å². The molecule has 1 aromatic rings. The smallest absolute Gasteiger partial charge is 0.152 e. The molecule has 1 unspecified atom stereocenters. The van der Waals surface area contributed by atoms with Gasteiger partial charge in [0, 0.05) is 18.4 Å². The van der Waals surface area contributed by atoms with E-state index in [1.807, 2.05) is 12.1 Å². The van der Waals surface area contributed by atoms with Crippen molar-refractivity contribution in [3.8, 4) is 0 Å². The Bertz CT molecular complexity index is 612. The molecule has 112 valence electrons. The Hall–Kier alpha value is 0.130. The van der Waals surface area contributed by atoms with E-state index >= 15 is 0 Å². The van der Waals surface area contributed by atoms with Crippen LogP contribution >= 0.6 is 17.6 Å². The van der Waals surface area contributed by atoms with Gasteiger partial charge in [-0.1, -0.05) is 49.9 Å². The predicted octanol–water partition coefficient (Wildman–Crippen LogP) is 2.41. The van der Waals surface area contributed by atoms with E-state index in [0.717, 1.165) is 5.30 Å². The molecule has 0 N–H and O–H groups in total. The summed E-state index contributed by atoms with van der Waals surface area (Å²) in [7, 11) is -2.88. The SMILES string of the molecule is CC(C)c1ccc(P(=S)(S)N2CCS(=O)(=O)CC2)cc1. The first-order valence-corrected chi connectivity index (χ1v) is 12.3. The highest BCUT2D eigenvalue weighted by Gasteiger charge is 2.30. The summed E-state index contributed by atoms with van der Waals surface area (Å²) in [5.41, 5.74) is 1.28. The van der Waals surface area contributed by atoms with Gasteiger partial charge in [-0.15, -0.1) is 12.2 Å². The quantitative estimate of drug-likeness (QED) is 0.672. The van der Waals surface area contributed by atoms with E-state index < -0.39 is 15.2 Å². The summed E-state index contributed by atoms with van der Waals surface area (Å²) in [5.74, 6) is 0.869. The Morgan fingerprint density at radius 2 is 1.70 bits per heavy atom. The molecule has 0 spiro atoms. The first-order chi connectivity index (χ1) is 9.22. The van der Waals surface area contributed by atoms with Crippen molar-refractivity contribution in [2.75, 3.05) is 24.6 Å². The van der Waals surface area contributed by atoms with Crippen LogP contribution in [0, 0.1) is 0 Å². The summed E-state index contributed by atoms with van der Waals surface area (Å²) in [4.78, 5) is 0. The molecule has 20 heavy (non-hydrogen) atoms. The van der Waals surface area contributed by atoms with Gasteiger partial charge in [-0.2, -0.15) is 0 Å². The van der Waals surface area contributed by atoms with Crippen LogP contribution in [0.15, 0.2) is 24.3 Å². The lowest BCUT2D eigenvalue weighted by Gasteiger charge is -2.34. The van der Waals surface area contributed by atoms with Gasteiger partial charge < -0.3 is 0 Å². The average molecular weight is 349 g/mol. The number of thiol groups is 1. The van der Waals surface area contributed by atoms with Crippen molar-refractivity contribution in [3.05, 3.63) is 29.8 Å². The molecular weight excluding hydrogens is 329 g/mol. The van der Waals surface area contributed by atoms with Crippen LogP contribution in [0.1, 0.15) is 25.3 Å². The molecule has 1 aromatic carbocycles. The Balaban J connectivity index is 2.20. The van der Waals surface area contributed by atoms with Crippen molar-refractivity contribution in [2.45, 2.75) is 19.8 Å². The van der Waals surface area contributed by atoms with E-state index in [-0.39, 0.29) is 11.5 Å². The van der Waals surface area contributed by atoms with Crippen LogP contribution in [-0.4, -0.2) is 37.7 Å². The topological polar surface area (TPSA) is 37.4 Å². The maximum atomic E-state index is 11.5. The standard InChI is InChI=1S/C13H20NO2PS3/c1-11(2)12-3-5-13(6-4-12)17(18,19)14-7-9-20(15,16)10-8-14/h3-6,11H,7-10H2,1-2H3,(H,18,19). The van der Waals surface area contributed by atoms with Crippen molar-refractivity contribution in [1.29, 1.82) is 0 Å². The lowest BCUT2D eigenvalue weighted by Crippen LogP contribution is -2.39. The van der Waals surface area contributed by atoms with Crippen LogP contribution in [0.25, 0.3) is 0 Å². The maximum absolute atomic E-state index is 11.5. The van der Waals surface area contributed by atoms with Gasteiger partial charge in [-0.25, -0.2) is 8.42 Å². The largest absolute Gasteiger partial charge is 0.262 e. The third-order valence-electron chi connectivity index (χ3n) is 3.60. The highest BCUT2D eigenvalue weighted by Crippen LogP contribution is 2.53. The Morgan fingerprint density at radius 3 is 2.15 bits per heavy atom. The second-order valence-electron chi connectivity index (χ2n) is 5.40. The van der Waals surface area contributed by atoms with Gasteiger partial charge in [0.15, 0.2) is 9.84 Å². The van der Waals surface area contributed by atoms with Crippen molar-refractivity contribution in [3.63, 3.8) is 0 Å². The molecular formula is C13H20NO2PS3. The average Bonchev–Trinajstić information content (AvgIpc) is 2.38. The molecule has 0 saturated carbocycles. The predicted molar refractivity (Wildman–Crippen MR) is 93.7 cm³/mol. The number of rotatable bonds is 3. The third kappa shape index (κ3) is 3.66. The molecule has 1 aliphatic rings. The summed E-state index contributed by atoms with van der Waals surface area (Å²) < 4.78 is 25.1. The number of nitrogens with zero attached hydrogens (tertiary/aromatic N) is 1. The lowest BCUT2D eigenvalue weighted by molar-refractivity contribution is 0.483. The second-order valence-corrected chi connectivity index (χ2v) is 14.0. The summed E-state index contributed by atoms with van der Waals surface area (Å²) in [6.07, 6.45) is 0. The molecule has 0 aromatic heterocycles. The highest BCUT2D eigenvalue weighted by molar-refractivity contribution is 8.65. The highest BCUT2D eigenvalue weighted by atomic mass is 32.9. The van der Waals surface area contributed by atoms with E-state index in [1.165, 1.54) is 5.56 Å². The zero-order chi connectivity index (χ0) is 15.0. The van der Waals surface area contributed by atoms with Crippen LogP contribution in [0.3, 0.4) is 0 Å². The monoisotopic (exact) mass is 349 g/mol.